The van der Waals surface area contributed by atoms with E-state index in [0.29, 0.717) is 21.1 Å². The summed E-state index contributed by atoms with van der Waals surface area (Å²) < 4.78 is 0.535. The molecule has 0 aliphatic rings. The molecule has 78 valence electrons. The SMILES string of the molecule is Cc1[nH]c2cc(Br)c(O)cc2c1C(=O)O. The first-order chi connectivity index (χ1) is 7.00. The largest absolute Gasteiger partial charge is 0.507 e. The molecular formula is C10H8BrNO3. The maximum Gasteiger partial charge on any atom is 0.338 e. The molecule has 3 N–H and O–H groups in total. The number of aromatic nitrogens is 1. The number of carbonyl (C=O) groups is 1. The second kappa shape index (κ2) is 3.27. The summed E-state index contributed by atoms with van der Waals surface area (Å²) in [5.41, 5.74) is 1.47. The highest BCUT2D eigenvalue weighted by Crippen LogP contribution is 2.32. The van der Waals surface area contributed by atoms with Gasteiger partial charge in [0, 0.05) is 16.6 Å². The second-order valence-corrected chi connectivity index (χ2v) is 4.13. The van der Waals surface area contributed by atoms with Crippen LogP contribution in [0.3, 0.4) is 0 Å². The van der Waals surface area contributed by atoms with Crippen LogP contribution < -0.4 is 0 Å². The average Bonchev–Trinajstić information content (AvgIpc) is 2.41. The van der Waals surface area contributed by atoms with E-state index in [0.717, 1.165) is 0 Å². The van der Waals surface area contributed by atoms with E-state index in [1.54, 1.807) is 13.0 Å². The molecule has 4 nitrogen and oxygen atoms in total. The summed E-state index contributed by atoms with van der Waals surface area (Å²) in [6.45, 7) is 1.69. The molecule has 0 amide bonds. The van der Waals surface area contributed by atoms with E-state index in [2.05, 4.69) is 20.9 Å². The number of benzene rings is 1. The number of phenolic OH excluding ortho intramolecular Hbond substituents is 1. The van der Waals surface area contributed by atoms with E-state index in [1.165, 1.54) is 6.07 Å². The third-order valence-electron chi connectivity index (χ3n) is 2.27. The summed E-state index contributed by atoms with van der Waals surface area (Å²) in [6, 6.07) is 3.09. The van der Waals surface area contributed by atoms with Crippen LogP contribution in [-0.2, 0) is 0 Å². The molecule has 0 bridgehead atoms. The molecule has 1 heterocycles. The number of halogens is 1. The summed E-state index contributed by atoms with van der Waals surface area (Å²) in [6.07, 6.45) is 0. The van der Waals surface area contributed by atoms with Crippen molar-refractivity contribution in [1.82, 2.24) is 4.98 Å². The lowest BCUT2D eigenvalue weighted by atomic mass is 10.1. The van der Waals surface area contributed by atoms with Crippen molar-refractivity contribution >= 4 is 32.8 Å². The summed E-state index contributed by atoms with van der Waals surface area (Å²) in [5.74, 6) is -0.968. The minimum Gasteiger partial charge on any atom is -0.507 e. The number of hydrogen-bond donors (Lipinski definition) is 3. The zero-order chi connectivity index (χ0) is 11.2. The number of rotatable bonds is 1. The molecule has 0 aliphatic heterocycles. The van der Waals surface area contributed by atoms with Crippen molar-refractivity contribution in [2.75, 3.05) is 0 Å². The molecule has 1 aromatic carbocycles. The lowest BCUT2D eigenvalue weighted by Crippen LogP contribution is -1.96. The molecule has 5 heteroatoms. The van der Waals surface area contributed by atoms with Crippen LogP contribution in [0.1, 0.15) is 16.1 Å². The molecule has 0 fully saturated rings. The van der Waals surface area contributed by atoms with Gasteiger partial charge < -0.3 is 15.2 Å². The summed E-state index contributed by atoms with van der Waals surface area (Å²) in [7, 11) is 0. The molecule has 1 aromatic heterocycles. The monoisotopic (exact) mass is 269 g/mol. The van der Waals surface area contributed by atoms with Crippen LogP contribution in [0.25, 0.3) is 10.9 Å². The zero-order valence-electron chi connectivity index (χ0n) is 7.84. The molecule has 2 aromatic rings. The number of carboxylic acids is 1. The zero-order valence-corrected chi connectivity index (χ0v) is 9.42. The summed E-state index contributed by atoms with van der Waals surface area (Å²) in [5, 5.41) is 19.0. The Labute approximate surface area is 93.7 Å². The summed E-state index contributed by atoms with van der Waals surface area (Å²) >= 11 is 3.17. The standard InChI is InChI=1S/C10H8BrNO3/c1-4-9(10(14)15)5-2-8(13)6(11)3-7(5)12-4/h2-3,12-13H,1H3,(H,14,15). The highest BCUT2D eigenvalue weighted by molar-refractivity contribution is 9.10. The van der Waals surface area contributed by atoms with Crippen LogP contribution in [-0.4, -0.2) is 21.2 Å². The first-order valence-electron chi connectivity index (χ1n) is 4.25. The predicted octanol–water partition coefficient (Wildman–Crippen LogP) is 2.64. The van der Waals surface area contributed by atoms with Gasteiger partial charge >= 0.3 is 5.97 Å². The minimum absolute atomic E-state index is 0.0315. The number of aromatic carboxylic acids is 1. The van der Waals surface area contributed by atoms with Crippen molar-refractivity contribution in [3.63, 3.8) is 0 Å². The lowest BCUT2D eigenvalue weighted by molar-refractivity contribution is 0.0698. The number of nitrogens with one attached hydrogen (secondary N) is 1. The third-order valence-corrected chi connectivity index (χ3v) is 2.90. The fourth-order valence-electron chi connectivity index (χ4n) is 1.61. The Hall–Kier alpha value is -1.49. The smallest absolute Gasteiger partial charge is 0.338 e. The van der Waals surface area contributed by atoms with Crippen LogP contribution in [0.15, 0.2) is 16.6 Å². The quantitative estimate of drug-likeness (QED) is 0.745. The number of aromatic hydroxyl groups is 1. The number of carboxylic acid groups (broad SMARTS) is 1. The van der Waals surface area contributed by atoms with E-state index in [1.807, 2.05) is 0 Å². The van der Waals surface area contributed by atoms with Crippen LogP contribution in [0.2, 0.25) is 0 Å². The maximum atomic E-state index is 11.0. The molecular weight excluding hydrogens is 262 g/mol. The third kappa shape index (κ3) is 1.48. The Kier molecular flexibility index (Phi) is 2.19. The second-order valence-electron chi connectivity index (χ2n) is 3.28. The highest BCUT2D eigenvalue weighted by atomic mass is 79.9. The number of aryl methyl sites for hydroxylation is 1. The minimum atomic E-state index is -1.000. The lowest BCUT2D eigenvalue weighted by Gasteiger charge is -1.97. The Morgan fingerprint density at radius 2 is 2.13 bits per heavy atom. The van der Waals surface area contributed by atoms with Gasteiger partial charge in [0.05, 0.1) is 10.0 Å². The molecule has 0 spiro atoms. The Morgan fingerprint density at radius 1 is 1.47 bits per heavy atom. The summed E-state index contributed by atoms with van der Waals surface area (Å²) in [4.78, 5) is 13.9. The van der Waals surface area contributed by atoms with Gasteiger partial charge in [0.1, 0.15) is 5.75 Å². The van der Waals surface area contributed by atoms with Gasteiger partial charge in [0.25, 0.3) is 0 Å². The fraction of sp³-hybridized carbons (Fsp3) is 0.100. The van der Waals surface area contributed by atoms with Crippen molar-refractivity contribution in [2.24, 2.45) is 0 Å². The van der Waals surface area contributed by atoms with Crippen LogP contribution in [0, 0.1) is 6.92 Å². The number of aromatic amines is 1. The topological polar surface area (TPSA) is 73.3 Å². The normalized spacial score (nSPS) is 10.8. The first kappa shape index (κ1) is 10.0. The number of H-pyrrole nitrogens is 1. The van der Waals surface area contributed by atoms with Gasteiger partial charge in [-0.05, 0) is 35.0 Å². The predicted molar refractivity (Wildman–Crippen MR) is 59.4 cm³/mol. The maximum absolute atomic E-state index is 11.0. The Morgan fingerprint density at radius 3 is 2.73 bits per heavy atom. The van der Waals surface area contributed by atoms with E-state index < -0.39 is 5.97 Å². The average molecular weight is 270 g/mol. The van der Waals surface area contributed by atoms with Gasteiger partial charge in [-0.25, -0.2) is 4.79 Å². The van der Waals surface area contributed by atoms with Crippen molar-refractivity contribution in [1.29, 1.82) is 0 Å². The molecule has 0 saturated carbocycles. The van der Waals surface area contributed by atoms with Gasteiger partial charge in [-0.2, -0.15) is 0 Å². The molecule has 15 heavy (non-hydrogen) atoms. The van der Waals surface area contributed by atoms with Crippen molar-refractivity contribution in [2.45, 2.75) is 6.92 Å². The van der Waals surface area contributed by atoms with E-state index >= 15 is 0 Å². The van der Waals surface area contributed by atoms with E-state index in [9.17, 15) is 9.90 Å². The Balaban J connectivity index is 2.87. The van der Waals surface area contributed by atoms with Gasteiger partial charge in [-0.3, -0.25) is 0 Å². The molecule has 0 unspecified atom stereocenters. The van der Waals surface area contributed by atoms with Crippen molar-refractivity contribution < 1.29 is 15.0 Å². The first-order valence-corrected chi connectivity index (χ1v) is 5.04. The highest BCUT2D eigenvalue weighted by Gasteiger charge is 2.16. The van der Waals surface area contributed by atoms with Gasteiger partial charge in [0.2, 0.25) is 0 Å². The van der Waals surface area contributed by atoms with Gasteiger partial charge in [-0.15, -0.1) is 0 Å². The van der Waals surface area contributed by atoms with Gasteiger partial charge in [-0.1, -0.05) is 0 Å². The van der Waals surface area contributed by atoms with Crippen LogP contribution in [0.5, 0.6) is 5.75 Å². The molecule has 2 rings (SSSR count). The Bertz CT molecular complexity index is 559. The molecule has 0 saturated heterocycles. The fourth-order valence-corrected chi connectivity index (χ4v) is 1.96. The number of fused-ring (bicyclic) bond motifs is 1. The molecule has 0 radical (unpaired) electrons. The van der Waals surface area contributed by atoms with E-state index in [-0.39, 0.29) is 11.3 Å². The number of phenols is 1. The van der Waals surface area contributed by atoms with E-state index in [4.69, 9.17) is 5.11 Å². The number of hydrogen-bond acceptors (Lipinski definition) is 2. The van der Waals surface area contributed by atoms with Gasteiger partial charge in [0.15, 0.2) is 0 Å². The van der Waals surface area contributed by atoms with Crippen LogP contribution in [0.4, 0.5) is 0 Å². The van der Waals surface area contributed by atoms with Crippen molar-refractivity contribution in [3.8, 4) is 5.75 Å². The molecule has 0 atom stereocenters. The van der Waals surface area contributed by atoms with Crippen molar-refractivity contribution in [3.05, 3.63) is 27.9 Å². The van der Waals surface area contributed by atoms with Crippen LogP contribution >= 0.6 is 15.9 Å². The molecule has 0 aliphatic carbocycles.